The Balaban J connectivity index is 2.63. The van der Waals surface area contributed by atoms with E-state index in [2.05, 4.69) is 33.0 Å². The molecule has 0 radical (unpaired) electrons. The van der Waals surface area contributed by atoms with Crippen molar-refractivity contribution in [1.29, 1.82) is 0 Å². The SMILES string of the molecule is CC(C)NC(C)C(C)Cc1cc(F)cc(F)c1. The van der Waals surface area contributed by atoms with Crippen LogP contribution in [0.1, 0.15) is 33.3 Å². The van der Waals surface area contributed by atoms with Gasteiger partial charge in [0.05, 0.1) is 0 Å². The number of rotatable bonds is 5. The summed E-state index contributed by atoms with van der Waals surface area (Å²) in [7, 11) is 0. The van der Waals surface area contributed by atoms with Crippen LogP contribution in [0.5, 0.6) is 0 Å². The second-order valence-electron chi connectivity index (χ2n) is 5.07. The standard InChI is InChI=1S/C14H21F2N/c1-9(2)17-11(4)10(3)5-12-6-13(15)8-14(16)7-12/h6-11,17H,5H2,1-4H3. The lowest BCUT2D eigenvalue weighted by atomic mass is 9.94. The van der Waals surface area contributed by atoms with E-state index in [9.17, 15) is 8.78 Å². The van der Waals surface area contributed by atoms with E-state index in [0.29, 0.717) is 30.0 Å². The predicted molar refractivity (Wildman–Crippen MR) is 67.0 cm³/mol. The van der Waals surface area contributed by atoms with Gasteiger partial charge in [-0.3, -0.25) is 0 Å². The largest absolute Gasteiger partial charge is 0.312 e. The summed E-state index contributed by atoms with van der Waals surface area (Å²) in [5.41, 5.74) is 0.715. The second-order valence-corrected chi connectivity index (χ2v) is 5.07. The van der Waals surface area contributed by atoms with Crippen LogP contribution in [-0.2, 0) is 6.42 Å². The van der Waals surface area contributed by atoms with Crippen molar-refractivity contribution < 1.29 is 8.78 Å². The fourth-order valence-corrected chi connectivity index (χ4v) is 1.97. The number of hydrogen-bond donors (Lipinski definition) is 1. The maximum absolute atomic E-state index is 13.0. The molecule has 3 heteroatoms. The third-order valence-corrected chi connectivity index (χ3v) is 2.93. The fraction of sp³-hybridized carbons (Fsp3) is 0.571. The second kappa shape index (κ2) is 6.10. The molecule has 1 aromatic carbocycles. The zero-order valence-corrected chi connectivity index (χ0v) is 10.9. The molecule has 0 amide bonds. The number of nitrogens with one attached hydrogen (secondary N) is 1. The highest BCUT2D eigenvalue weighted by atomic mass is 19.1. The lowest BCUT2D eigenvalue weighted by Crippen LogP contribution is -2.37. The van der Waals surface area contributed by atoms with Gasteiger partial charge >= 0.3 is 0 Å². The molecule has 0 spiro atoms. The lowest BCUT2D eigenvalue weighted by Gasteiger charge is -2.23. The van der Waals surface area contributed by atoms with Crippen molar-refractivity contribution in [1.82, 2.24) is 5.32 Å². The minimum Gasteiger partial charge on any atom is -0.312 e. The van der Waals surface area contributed by atoms with Gasteiger partial charge in [0.1, 0.15) is 11.6 Å². The first kappa shape index (κ1) is 14.1. The van der Waals surface area contributed by atoms with Crippen LogP contribution in [-0.4, -0.2) is 12.1 Å². The Hall–Kier alpha value is -0.960. The molecule has 17 heavy (non-hydrogen) atoms. The molecule has 1 nitrogen and oxygen atoms in total. The molecular weight excluding hydrogens is 220 g/mol. The van der Waals surface area contributed by atoms with Gasteiger partial charge in [0.15, 0.2) is 0 Å². The fourth-order valence-electron chi connectivity index (χ4n) is 1.97. The Morgan fingerprint density at radius 1 is 1.00 bits per heavy atom. The molecule has 1 rings (SSSR count). The molecular formula is C14H21F2N. The van der Waals surface area contributed by atoms with Crippen molar-refractivity contribution in [2.24, 2.45) is 5.92 Å². The molecule has 2 unspecified atom stereocenters. The van der Waals surface area contributed by atoms with E-state index in [4.69, 9.17) is 0 Å². The van der Waals surface area contributed by atoms with Gasteiger partial charge in [0.2, 0.25) is 0 Å². The van der Waals surface area contributed by atoms with Crippen molar-refractivity contribution in [2.75, 3.05) is 0 Å². The summed E-state index contributed by atoms with van der Waals surface area (Å²) >= 11 is 0. The highest BCUT2D eigenvalue weighted by Crippen LogP contribution is 2.15. The number of benzene rings is 1. The highest BCUT2D eigenvalue weighted by Gasteiger charge is 2.14. The van der Waals surface area contributed by atoms with Crippen LogP contribution in [0.2, 0.25) is 0 Å². The molecule has 0 aliphatic heterocycles. The first-order valence-electron chi connectivity index (χ1n) is 6.09. The third-order valence-electron chi connectivity index (χ3n) is 2.93. The third kappa shape index (κ3) is 4.82. The first-order chi connectivity index (χ1) is 7.88. The van der Waals surface area contributed by atoms with E-state index in [1.165, 1.54) is 12.1 Å². The number of halogens is 2. The smallest absolute Gasteiger partial charge is 0.126 e. The minimum absolute atomic E-state index is 0.321. The summed E-state index contributed by atoms with van der Waals surface area (Å²) in [5.74, 6) is -0.674. The van der Waals surface area contributed by atoms with Gasteiger partial charge in [-0.05, 0) is 37.0 Å². The quantitative estimate of drug-likeness (QED) is 0.831. The Bertz CT molecular complexity index is 343. The van der Waals surface area contributed by atoms with E-state index in [1.807, 2.05) is 0 Å². The van der Waals surface area contributed by atoms with Crippen molar-refractivity contribution in [3.63, 3.8) is 0 Å². The summed E-state index contributed by atoms with van der Waals surface area (Å²) in [4.78, 5) is 0. The molecule has 1 aromatic rings. The van der Waals surface area contributed by atoms with Crippen molar-refractivity contribution in [2.45, 2.75) is 46.2 Å². The van der Waals surface area contributed by atoms with E-state index in [1.54, 1.807) is 0 Å². The summed E-state index contributed by atoms with van der Waals surface area (Å²) in [5, 5.41) is 3.40. The van der Waals surface area contributed by atoms with Gasteiger partial charge in [-0.25, -0.2) is 8.78 Å². The van der Waals surface area contributed by atoms with Crippen LogP contribution in [0.15, 0.2) is 18.2 Å². The monoisotopic (exact) mass is 241 g/mol. The Morgan fingerprint density at radius 2 is 1.53 bits per heavy atom. The van der Waals surface area contributed by atoms with Gasteiger partial charge in [0.25, 0.3) is 0 Å². The van der Waals surface area contributed by atoms with Gasteiger partial charge in [-0.2, -0.15) is 0 Å². The van der Waals surface area contributed by atoms with Gasteiger partial charge < -0.3 is 5.32 Å². The van der Waals surface area contributed by atoms with Crippen LogP contribution in [0.3, 0.4) is 0 Å². The van der Waals surface area contributed by atoms with Crippen LogP contribution < -0.4 is 5.32 Å². The van der Waals surface area contributed by atoms with Crippen molar-refractivity contribution in [3.8, 4) is 0 Å². The van der Waals surface area contributed by atoms with E-state index >= 15 is 0 Å². The molecule has 96 valence electrons. The molecule has 0 aliphatic carbocycles. The molecule has 0 fully saturated rings. The molecule has 0 saturated heterocycles. The van der Waals surface area contributed by atoms with E-state index in [-0.39, 0.29) is 0 Å². The summed E-state index contributed by atoms with van der Waals surface area (Å²) in [6, 6.07) is 4.45. The van der Waals surface area contributed by atoms with Gasteiger partial charge in [-0.1, -0.05) is 20.8 Å². The molecule has 1 N–H and O–H groups in total. The average molecular weight is 241 g/mol. The van der Waals surface area contributed by atoms with E-state index in [0.717, 1.165) is 6.07 Å². The minimum atomic E-state index is -0.503. The first-order valence-corrected chi connectivity index (χ1v) is 6.09. The van der Waals surface area contributed by atoms with Gasteiger partial charge in [-0.15, -0.1) is 0 Å². The maximum Gasteiger partial charge on any atom is 0.126 e. The molecule has 0 aliphatic rings. The highest BCUT2D eigenvalue weighted by molar-refractivity contribution is 5.18. The lowest BCUT2D eigenvalue weighted by molar-refractivity contribution is 0.371. The zero-order valence-electron chi connectivity index (χ0n) is 10.9. The summed E-state index contributed by atoms with van der Waals surface area (Å²) < 4.78 is 26.1. The van der Waals surface area contributed by atoms with Crippen molar-refractivity contribution in [3.05, 3.63) is 35.4 Å². The summed E-state index contributed by atoms with van der Waals surface area (Å²) in [6.07, 6.45) is 0.676. The Labute approximate surface area is 102 Å². The number of hydrogen-bond acceptors (Lipinski definition) is 1. The topological polar surface area (TPSA) is 12.0 Å². The van der Waals surface area contributed by atoms with Crippen LogP contribution in [0, 0.1) is 17.6 Å². The maximum atomic E-state index is 13.0. The molecule has 0 bridgehead atoms. The molecule has 2 atom stereocenters. The van der Waals surface area contributed by atoms with E-state index < -0.39 is 11.6 Å². The Kier molecular flexibility index (Phi) is 5.06. The molecule has 0 heterocycles. The molecule has 0 aromatic heterocycles. The molecule has 0 saturated carbocycles. The Morgan fingerprint density at radius 3 is 2.00 bits per heavy atom. The van der Waals surface area contributed by atoms with Crippen molar-refractivity contribution >= 4 is 0 Å². The van der Waals surface area contributed by atoms with Gasteiger partial charge in [0, 0.05) is 18.2 Å². The van der Waals surface area contributed by atoms with Crippen LogP contribution >= 0.6 is 0 Å². The normalized spacial score (nSPS) is 15.0. The average Bonchev–Trinajstić information content (AvgIpc) is 2.14. The summed E-state index contributed by atoms with van der Waals surface area (Å²) in [6.45, 7) is 8.36. The van der Waals surface area contributed by atoms with Crippen LogP contribution in [0.4, 0.5) is 8.78 Å². The zero-order chi connectivity index (χ0) is 13.0. The van der Waals surface area contributed by atoms with Crippen LogP contribution in [0.25, 0.3) is 0 Å². The predicted octanol–water partition coefficient (Wildman–Crippen LogP) is 3.53.